The monoisotopic (exact) mass is 608 g/mol. The Labute approximate surface area is 263 Å². The molecule has 1 aliphatic carbocycles. The second-order valence-corrected chi connectivity index (χ2v) is 12.2. The van der Waals surface area contributed by atoms with Gasteiger partial charge in [-0.2, -0.15) is 0 Å². The van der Waals surface area contributed by atoms with E-state index in [9.17, 15) is 14.7 Å². The number of carbonyl (C=O) groups excluding carboxylic acids is 2. The summed E-state index contributed by atoms with van der Waals surface area (Å²) in [6.07, 6.45) is 3.64. The summed E-state index contributed by atoms with van der Waals surface area (Å²) in [7, 11) is 0. The lowest BCUT2D eigenvalue weighted by Crippen LogP contribution is -2.13. The van der Waals surface area contributed by atoms with E-state index in [-0.39, 0.29) is 11.1 Å². The molecule has 212 valence electrons. The minimum Gasteiger partial charge on any atom is -0.871 e. The maximum absolute atomic E-state index is 13.8. The van der Waals surface area contributed by atoms with Crippen LogP contribution in [0.4, 0.5) is 27.8 Å². The number of para-hydroxylation sites is 4. The SMILES string of the molecule is O=C1C(=O)/C(=C2/C=CC(=[N+](c3ccccc3)c3ccccc3)S2)C([O-])=C1c1ccc(N(c2ccccc2)c2ccccc2)s1. The topological polar surface area (TPSA) is 63.4 Å². The average molecular weight is 609 g/mol. The van der Waals surface area contributed by atoms with E-state index in [0.717, 1.165) is 32.8 Å². The summed E-state index contributed by atoms with van der Waals surface area (Å²) in [6, 6.07) is 43.2. The van der Waals surface area contributed by atoms with Crippen molar-refractivity contribution in [2.75, 3.05) is 4.90 Å². The van der Waals surface area contributed by atoms with E-state index in [1.54, 1.807) is 12.1 Å². The summed E-state index contributed by atoms with van der Waals surface area (Å²) in [6.45, 7) is 0. The average Bonchev–Trinajstić information content (AvgIpc) is 3.79. The highest BCUT2D eigenvalue weighted by atomic mass is 32.2. The number of rotatable bonds is 6. The highest BCUT2D eigenvalue weighted by Gasteiger charge is 2.37. The molecular weight excluding hydrogens is 585 g/mol. The number of benzene rings is 4. The Morgan fingerprint density at radius 2 is 1.07 bits per heavy atom. The number of allylic oxidation sites excluding steroid dienone is 3. The van der Waals surface area contributed by atoms with Gasteiger partial charge in [-0.05, 0) is 54.2 Å². The number of anilines is 3. The van der Waals surface area contributed by atoms with Crippen LogP contribution < -0.4 is 14.6 Å². The number of thioether (sulfide) groups is 1. The Bertz CT molecular complexity index is 1930. The Balaban J connectivity index is 1.29. The van der Waals surface area contributed by atoms with Crippen LogP contribution in [-0.2, 0) is 9.59 Å². The van der Waals surface area contributed by atoms with E-state index >= 15 is 0 Å². The molecule has 0 radical (unpaired) electrons. The first-order chi connectivity index (χ1) is 21.6. The molecule has 1 aliphatic heterocycles. The molecule has 5 aromatic rings. The van der Waals surface area contributed by atoms with Gasteiger partial charge in [-0.15, -0.1) is 15.9 Å². The van der Waals surface area contributed by atoms with Crippen LogP contribution in [0.25, 0.3) is 5.57 Å². The number of hydrogen-bond acceptors (Lipinski definition) is 6. The maximum atomic E-state index is 13.8. The second kappa shape index (κ2) is 11.8. The third kappa shape index (κ3) is 5.02. The minimum absolute atomic E-state index is 0.0692. The summed E-state index contributed by atoms with van der Waals surface area (Å²) < 4.78 is 2.07. The summed E-state index contributed by atoms with van der Waals surface area (Å²) in [5, 5.41) is 15.5. The van der Waals surface area contributed by atoms with E-state index in [1.807, 2.05) is 133 Å². The van der Waals surface area contributed by atoms with Gasteiger partial charge in [0.15, 0.2) is 0 Å². The van der Waals surface area contributed by atoms with Crippen LogP contribution in [0.1, 0.15) is 4.88 Å². The molecule has 7 heteroatoms. The molecule has 0 saturated heterocycles. The highest BCUT2D eigenvalue weighted by molar-refractivity contribution is 8.18. The van der Waals surface area contributed by atoms with Gasteiger partial charge in [-0.3, -0.25) is 9.59 Å². The molecule has 7 rings (SSSR count). The lowest BCUT2D eigenvalue weighted by Gasteiger charge is -2.23. The number of ketones is 2. The molecule has 0 fully saturated rings. The molecule has 0 atom stereocenters. The largest absolute Gasteiger partial charge is 0.871 e. The molecule has 1 aromatic heterocycles. The maximum Gasteiger partial charge on any atom is 0.251 e. The molecule has 0 N–H and O–H groups in total. The van der Waals surface area contributed by atoms with Gasteiger partial charge in [0.25, 0.3) is 5.04 Å². The van der Waals surface area contributed by atoms with Crippen molar-refractivity contribution in [3.05, 3.63) is 167 Å². The molecule has 2 aliphatic rings. The van der Waals surface area contributed by atoms with Crippen LogP contribution in [0.15, 0.2) is 162 Å². The lowest BCUT2D eigenvalue weighted by molar-refractivity contribution is -0.294. The molecule has 5 nitrogen and oxygen atoms in total. The molecule has 4 aromatic carbocycles. The first kappa shape index (κ1) is 27.6. The number of Topliss-reactive ketones (excluding diaryl/α,β-unsaturated/α-hetero) is 2. The van der Waals surface area contributed by atoms with E-state index in [4.69, 9.17) is 0 Å². The van der Waals surface area contributed by atoms with Gasteiger partial charge in [-0.25, -0.2) is 0 Å². The smallest absolute Gasteiger partial charge is 0.251 e. The minimum atomic E-state index is -0.762. The van der Waals surface area contributed by atoms with Gasteiger partial charge >= 0.3 is 0 Å². The molecule has 2 heterocycles. The number of hydrogen-bond donors (Lipinski definition) is 0. The van der Waals surface area contributed by atoms with Gasteiger partial charge in [0.2, 0.25) is 22.9 Å². The summed E-state index contributed by atoms with van der Waals surface area (Å²) in [5.74, 6) is -2.05. The van der Waals surface area contributed by atoms with Crippen molar-refractivity contribution in [2.45, 2.75) is 0 Å². The molecule has 0 amide bonds. The summed E-state index contributed by atoms with van der Waals surface area (Å²) >= 11 is 2.63. The van der Waals surface area contributed by atoms with Crippen LogP contribution in [-0.4, -0.2) is 16.6 Å². The number of carbonyl (C=O) groups is 2. The van der Waals surface area contributed by atoms with Crippen molar-refractivity contribution in [3.63, 3.8) is 0 Å². The van der Waals surface area contributed by atoms with E-state index in [0.29, 0.717) is 9.78 Å². The fraction of sp³-hybridized carbons (Fsp3) is 0. The Kier molecular flexibility index (Phi) is 7.40. The first-order valence-electron chi connectivity index (χ1n) is 14.0. The molecular formula is C37H24N2O3S2. The van der Waals surface area contributed by atoms with Crippen LogP contribution >= 0.6 is 23.1 Å². The number of nitrogens with zero attached hydrogens (tertiary/aromatic N) is 2. The van der Waals surface area contributed by atoms with Crippen LogP contribution in [0.3, 0.4) is 0 Å². The van der Waals surface area contributed by atoms with Gasteiger partial charge in [-0.1, -0.05) is 78.6 Å². The van der Waals surface area contributed by atoms with Crippen molar-refractivity contribution in [1.82, 2.24) is 4.58 Å². The molecule has 44 heavy (non-hydrogen) atoms. The van der Waals surface area contributed by atoms with Crippen molar-refractivity contribution in [3.8, 4) is 0 Å². The Morgan fingerprint density at radius 3 is 1.61 bits per heavy atom. The third-order valence-corrected chi connectivity index (χ3v) is 9.47. The molecule has 0 bridgehead atoms. The summed E-state index contributed by atoms with van der Waals surface area (Å²) in [4.78, 5) is 29.7. The standard InChI is InChI=1S/C37H24N2O3S2/c40-35-33(29-21-23-31(43-29)38(25-13-5-1-6-14-25)26-15-7-2-8-16-26)36(41)37(42)34(35)30-22-24-32(44-30)39(27-17-9-3-10-18-27)28-19-11-4-12-20-28/h1-24H. The predicted molar refractivity (Wildman–Crippen MR) is 179 cm³/mol. The van der Waals surface area contributed by atoms with Crippen LogP contribution in [0.2, 0.25) is 0 Å². The Hall–Kier alpha value is -5.24. The van der Waals surface area contributed by atoms with Gasteiger partial charge in [0.05, 0.1) is 0 Å². The zero-order valence-corrected chi connectivity index (χ0v) is 24.9. The van der Waals surface area contributed by atoms with Crippen molar-refractivity contribution < 1.29 is 14.7 Å². The van der Waals surface area contributed by atoms with Gasteiger partial charge in [0.1, 0.15) is 5.00 Å². The molecule has 0 spiro atoms. The Morgan fingerprint density at radius 1 is 0.568 bits per heavy atom. The zero-order chi connectivity index (χ0) is 30.0. The third-order valence-electron chi connectivity index (χ3n) is 7.29. The lowest BCUT2D eigenvalue weighted by atomic mass is 10.1. The molecule has 0 saturated carbocycles. The predicted octanol–water partition coefficient (Wildman–Crippen LogP) is 7.93. The van der Waals surface area contributed by atoms with Crippen molar-refractivity contribution >= 4 is 73.0 Å². The summed E-state index contributed by atoms with van der Waals surface area (Å²) in [5.41, 5.74) is 3.63. The van der Waals surface area contributed by atoms with E-state index < -0.39 is 17.3 Å². The fourth-order valence-corrected chi connectivity index (χ4v) is 7.46. The normalized spacial score (nSPS) is 16.2. The van der Waals surface area contributed by atoms with Crippen LogP contribution in [0, 0.1) is 0 Å². The van der Waals surface area contributed by atoms with E-state index in [1.165, 1.54) is 23.1 Å². The number of thiophene rings is 1. The fourth-order valence-electron chi connectivity index (χ4n) is 5.29. The molecule has 0 unspecified atom stereocenters. The quantitative estimate of drug-likeness (QED) is 0.111. The second-order valence-electron chi connectivity index (χ2n) is 10.0. The zero-order valence-electron chi connectivity index (χ0n) is 23.3. The first-order valence-corrected chi connectivity index (χ1v) is 15.6. The van der Waals surface area contributed by atoms with Crippen molar-refractivity contribution in [2.24, 2.45) is 0 Å². The highest BCUT2D eigenvalue weighted by Crippen LogP contribution is 2.44. The van der Waals surface area contributed by atoms with Gasteiger partial charge < -0.3 is 10.0 Å². The van der Waals surface area contributed by atoms with E-state index in [2.05, 4.69) is 9.48 Å². The van der Waals surface area contributed by atoms with Gasteiger partial charge in [0, 0.05) is 62.6 Å². The van der Waals surface area contributed by atoms with Crippen LogP contribution in [0.5, 0.6) is 0 Å². The van der Waals surface area contributed by atoms with Crippen molar-refractivity contribution in [1.29, 1.82) is 0 Å².